The van der Waals surface area contributed by atoms with Crippen LogP contribution in [-0.4, -0.2) is 50.5 Å². The van der Waals surface area contributed by atoms with Crippen LogP contribution in [0.2, 0.25) is 5.02 Å². The van der Waals surface area contributed by atoms with Crippen molar-refractivity contribution in [2.45, 2.75) is 10.8 Å². The molecule has 1 aliphatic heterocycles. The molecule has 0 radical (unpaired) electrons. The summed E-state index contributed by atoms with van der Waals surface area (Å²) in [5, 5.41) is 16.6. The number of nitrogens with zero attached hydrogens (tertiary/aromatic N) is 3. The number of ether oxygens (including phenoxy) is 1. The van der Waals surface area contributed by atoms with Crippen LogP contribution in [-0.2, 0) is 21.4 Å². The summed E-state index contributed by atoms with van der Waals surface area (Å²) in [4.78, 5) is 25.8. The second kappa shape index (κ2) is 8.71. The molecule has 30 heavy (non-hydrogen) atoms. The Morgan fingerprint density at radius 2 is 2.00 bits per heavy atom. The number of nitro groups is 1. The molecule has 0 saturated carbocycles. The first-order valence-corrected chi connectivity index (χ1v) is 11.2. The molecule has 0 bridgehead atoms. The summed E-state index contributed by atoms with van der Waals surface area (Å²) in [6.07, 6.45) is -0.681. The van der Waals surface area contributed by atoms with Gasteiger partial charge in [-0.05, 0) is 12.1 Å². The molecule has 1 saturated heterocycles. The maximum atomic E-state index is 13.8. The summed E-state index contributed by atoms with van der Waals surface area (Å²) < 4.78 is 41.6. The van der Waals surface area contributed by atoms with Gasteiger partial charge in [0.25, 0.3) is 0 Å². The van der Waals surface area contributed by atoms with Gasteiger partial charge in [0.05, 0.1) is 9.95 Å². The van der Waals surface area contributed by atoms with E-state index in [4.69, 9.17) is 21.5 Å². The van der Waals surface area contributed by atoms with Crippen LogP contribution in [0.5, 0.6) is 0 Å². The average molecular weight is 479 g/mol. The molecule has 10 nitrogen and oxygen atoms in total. The molecule has 14 heteroatoms. The molecule has 0 spiro atoms. The van der Waals surface area contributed by atoms with Crippen molar-refractivity contribution < 1.29 is 27.3 Å². The molecular weight excluding hydrogens is 463 g/mol. The van der Waals surface area contributed by atoms with E-state index in [0.717, 1.165) is 6.07 Å². The largest absolute Gasteiger partial charge is 0.444 e. The van der Waals surface area contributed by atoms with Gasteiger partial charge >= 0.3 is 11.8 Å². The molecule has 2 aromatic rings. The highest BCUT2D eigenvalue weighted by atomic mass is 35.5. The Hall–Kier alpha value is -2.48. The molecule has 0 atom stereocenters. The maximum Gasteiger partial charge on any atom is 0.410 e. The molecule has 3 rings (SSSR count). The number of thiophene rings is 1. The van der Waals surface area contributed by atoms with E-state index in [1.807, 2.05) is 0 Å². The van der Waals surface area contributed by atoms with Crippen molar-refractivity contribution in [2.75, 3.05) is 31.1 Å². The lowest BCUT2D eigenvalue weighted by atomic mass is 10.2. The maximum absolute atomic E-state index is 13.8. The number of primary sulfonamides is 1. The predicted molar refractivity (Wildman–Crippen MR) is 108 cm³/mol. The Labute approximate surface area is 179 Å². The molecule has 0 unspecified atom stereocenters. The number of piperazine rings is 1. The number of hydrogen-bond donors (Lipinski definition) is 1. The quantitative estimate of drug-likeness (QED) is 0.515. The van der Waals surface area contributed by atoms with Crippen LogP contribution in [0.3, 0.4) is 0 Å². The number of nitrogens with two attached hydrogens (primary N) is 1. The number of carbonyl (C=O) groups excluding carboxylic acids is 1. The number of hydrogen-bond acceptors (Lipinski definition) is 8. The summed E-state index contributed by atoms with van der Waals surface area (Å²) in [6.45, 7) is 0.424. The van der Waals surface area contributed by atoms with Crippen molar-refractivity contribution in [1.82, 2.24) is 4.90 Å². The van der Waals surface area contributed by atoms with Gasteiger partial charge in [0, 0.05) is 37.8 Å². The molecule has 1 aliphatic rings. The fraction of sp³-hybridized carbons (Fsp3) is 0.312. The van der Waals surface area contributed by atoms with E-state index in [-0.39, 0.29) is 58.3 Å². The van der Waals surface area contributed by atoms with Gasteiger partial charge in [-0.25, -0.2) is 22.7 Å². The van der Waals surface area contributed by atoms with E-state index < -0.39 is 26.9 Å². The lowest BCUT2D eigenvalue weighted by Crippen LogP contribution is -2.48. The van der Waals surface area contributed by atoms with Crippen LogP contribution in [0.4, 0.5) is 19.9 Å². The Balaban J connectivity index is 1.64. The molecule has 2 N–H and O–H groups in total. The topological polar surface area (TPSA) is 136 Å². The van der Waals surface area contributed by atoms with Gasteiger partial charge < -0.3 is 14.5 Å². The molecule has 2 heterocycles. The molecule has 1 fully saturated rings. The summed E-state index contributed by atoms with van der Waals surface area (Å²) in [5.74, 6) is -0.587. The Kier molecular flexibility index (Phi) is 6.45. The molecule has 1 amide bonds. The van der Waals surface area contributed by atoms with Gasteiger partial charge in [0.15, 0.2) is 5.00 Å². The van der Waals surface area contributed by atoms with Gasteiger partial charge in [-0.3, -0.25) is 10.1 Å². The van der Waals surface area contributed by atoms with Crippen LogP contribution in [0.15, 0.2) is 28.5 Å². The summed E-state index contributed by atoms with van der Waals surface area (Å²) >= 11 is 6.60. The zero-order chi connectivity index (χ0) is 22.1. The van der Waals surface area contributed by atoms with Crippen molar-refractivity contribution in [3.63, 3.8) is 0 Å². The van der Waals surface area contributed by atoms with Crippen molar-refractivity contribution in [3.05, 3.63) is 50.8 Å². The fourth-order valence-corrected chi connectivity index (χ4v) is 4.94. The monoisotopic (exact) mass is 478 g/mol. The van der Waals surface area contributed by atoms with Gasteiger partial charge in [-0.1, -0.05) is 29.0 Å². The second-order valence-electron chi connectivity index (χ2n) is 6.29. The van der Waals surface area contributed by atoms with Crippen LogP contribution in [0, 0.1) is 15.9 Å². The van der Waals surface area contributed by atoms with E-state index in [1.165, 1.54) is 23.1 Å². The minimum Gasteiger partial charge on any atom is -0.444 e. The third-order valence-electron chi connectivity index (χ3n) is 4.37. The first kappa shape index (κ1) is 22.2. The number of carbonyl (C=O) groups is 1. The number of amides is 1. The Morgan fingerprint density at radius 3 is 2.57 bits per heavy atom. The van der Waals surface area contributed by atoms with Gasteiger partial charge in [0.1, 0.15) is 16.6 Å². The highest BCUT2D eigenvalue weighted by molar-refractivity contribution is 7.91. The van der Waals surface area contributed by atoms with Crippen LogP contribution >= 0.6 is 22.9 Å². The third-order valence-corrected chi connectivity index (χ3v) is 7.33. The van der Waals surface area contributed by atoms with Crippen LogP contribution in [0.1, 0.15) is 5.56 Å². The van der Waals surface area contributed by atoms with E-state index >= 15 is 0 Å². The standard InChI is InChI=1S/C16H16ClFN4O6S2/c17-11-2-1-3-12(18)10(11)9-28-16(23)21-6-4-20(5-7-21)15-13(22(24)25)8-14(29-15)30(19,26)27/h1-3,8H,4-7,9H2,(H2,19,26,27). The molecular formula is C16H16ClFN4O6S2. The number of halogens is 2. The zero-order valence-electron chi connectivity index (χ0n) is 15.3. The summed E-state index contributed by atoms with van der Waals surface area (Å²) in [7, 11) is -4.08. The smallest absolute Gasteiger partial charge is 0.410 e. The molecule has 162 valence electrons. The predicted octanol–water partition coefficient (Wildman–Crippen LogP) is 2.56. The number of anilines is 1. The van der Waals surface area contributed by atoms with Crippen LogP contribution < -0.4 is 10.0 Å². The zero-order valence-corrected chi connectivity index (χ0v) is 17.7. The van der Waals surface area contributed by atoms with E-state index in [2.05, 4.69) is 0 Å². The Bertz CT molecular complexity index is 1070. The fourth-order valence-electron chi connectivity index (χ4n) is 2.84. The minimum absolute atomic E-state index is 0.0656. The van der Waals surface area contributed by atoms with Crippen LogP contribution in [0.25, 0.3) is 0 Å². The average Bonchev–Trinajstić information content (AvgIpc) is 3.14. The van der Waals surface area contributed by atoms with Gasteiger partial charge in [-0.15, -0.1) is 0 Å². The summed E-state index contributed by atoms with van der Waals surface area (Å²) in [5.41, 5.74) is -0.301. The number of rotatable bonds is 5. The van der Waals surface area contributed by atoms with Crippen molar-refractivity contribution >= 4 is 49.7 Å². The van der Waals surface area contributed by atoms with E-state index in [0.29, 0.717) is 11.3 Å². The minimum atomic E-state index is -4.08. The molecule has 0 aliphatic carbocycles. The number of sulfonamides is 1. The van der Waals surface area contributed by atoms with E-state index in [9.17, 15) is 27.7 Å². The summed E-state index contributed by atoms with van der Waals surface area (Å²) in [6, 6.07) is 5.05. The number of benzene rings is 1. The lowest BCUT2D eigenvalue weighted by Gasteiger charge is -2.34. The first-order chi connectivity index (χ1) is 14.1. The normalized spacial score (nSPS) is 14.6. The molecule has 1 aromatic carbocycles. The SMILES string of the molecule is NS(=O)(=O)c1cc([N+](=O)[O-])c(N2CCN(C(=O)OCc3c(F)cccc3Cl)CC2)s1. The Morgan fingerprint density at radius 1 is 1.33 bits per heavy atom. The van der Waals surface area contributed by atoms with Crippen molar-refractivity contribution in [3.8, 4) is 0 Å². The highest BCUT2D eigenvalue weighted by Gasteiger charge is 2.31. The lowest BCUT2D eigenvalue weighted by molar-refractivity contribution is -0.383. The van der Waals surface area contributed by atoms with Gasteiger partial charge in [0.2, 0.25) is 10.0 Å². The van der Waals surface area contributed by atoms with Gasteiger partial charge in [-0.2, -0.15) is 0 Å². The highest BCUT2D eigenvalue weighted by Crippen LogP contribution is 2.39. The molecule has 1 aromatic heterocycles. The van der Waals surface area contributed by atoms with Crippen molar-refractivity contribution in [1.29, 1.82) is 0 Å². The van der Waals surface area contributed by atoms with Crippen molar-refractivity contribution in [2.24, 2.45) is 5.14 Å². The first-order valence-electron chi connectivity index (χ1n) is 8.48. The third kappa shape index (κ3) is 4.80. The second-order valence-corrected chi connectivity index (χ2v) is 9.51. The van der Waals surface area contributed by atoms with E-state index in [1.54, 1.807) is 4.90 Å².